The van der Waals surface area contributed by atoms with E-state index in [2.05, 4.69) is 15.3 Å². The van der Waals surface area contributed by atoms with E-state index in [4.69, 9.17) is 10.5 Å². The van der Waals surface area contributed by atoms with Crippen molar-refractivity contribution < 1.29 is 22.7 Å². The zero-order valence-electron chi connectivity index (χ0n) is 16.8. The highest BCUT2D eigenvalue weighted by Gasteiger charge is 2.22. The van der Waals surface area contributed by atoms with Crippen LogP contribution < -0.4 is 11.1 Å². The molecule has 1 aromatic carbocycles. The van der Waals surface area contributed by atoms with Gasteiger partial charge in [0.15, 0.2) is 0 Å². The Balaban J connectivity index is 0.000000989. The number of nitrogens with one attached hydrogen (secondary N) is 1. The fourth-order valence-corrected chi connectivity index (χ4v) is 2.57. The molecule has 0 fully saturated rings. The van der Waals surface area contributed by atoms with E-state index in [-0.39, 0.29) is 11.7 Å². The van der Waals surface area contributed by atoms with Crippen molar-refractivity contribution in [2.45, 2.75) is 33.2 Å². The highest BCUT2D eigenvalue weighted by Crippen LogP contribution is 2.30. The molecular formula is C20H25F3N4O2. The Morgan fingerprint density at radius 1 is 1.24 bits per heavy atom. The Hall–Kier alpha value is -3.10. The number of hydrogen-bond donors (Lipinski definition) is 2. The van der Waals surface area contributed by atoms with Gasteiger partial charge in [-0.25, -0.2) is 18.8 Å². The molecule has 29 heavy (non-hydrogen) atoms. The summed E-state index contributed by atoms with van der Waals surface area (Å²) in [7, 11) is 0.500. The average molecular weight is 410 g/mol. The summed E-state index contributed by atoms with van der Waals surface area (Å²) in [6.45, 7) is 5.94. The Morgan fingerprint density at radius 3 is 2.52 bits per heavy atom. The third-order valence-electron chi connectivity index (χ3n) is 3.78. The molecular weight excluding hydrogens is 385 g/mol. The summed E-state index contributed by atoms with van der Waals surface area (Å²) >= 11 is 0. The van der Waals surface area contributed by atoms with Crippen molar-refractivity contribution in [1.29, 1.82) is 0 Å². The zero-order chi connectivity index (χ0) is 22.0. The molecule has 1 aromatic heterocycles. The minimum Gasteiger partial charge on any atom is -0.465 e. The van der Waals surface area contributed by atoms with E-state index >= 15 is 0 Å². The van der Waals surface area contributed by atoms with Gasteiger partial charge in [0.25, 0.3) is 11.9 Å². The number of halogens is 3. The van der Waals surface area contributed by atoms with Crippen molar-refractivity contribution in [2.24, 2.45) is 10.7 Å². The van der Waals surface area contributed by atoms with Crippen LogP contribution in [0.15, 0.2) is 35.5 Å². The first kappa shape index (κ1) is 23.9. The number of aryl methyl sites for hydroxylation is 1. The highest BCUT2D eigenvalue weighted by molar-refractivity contribution is 6.02. The van der Waals surface area contributed by atoms with Crippen LogP contribution >= 0.6 is 0 Å². The molecule has 2 heterocycles. The van der Waals surface area contributed by atoms with E-state index in [0.717, 1.165) is 12.3 Å². The topological polar surface area (TPSA) is 89.6 Å². The first-order chi connectivity index (χ1) is 13.9. The van der Waals surface area contributed by atoms with E-state index in [1.165, 1.54) is 18.2 Å². The first-order valence-corrected chi connectivity index (χ1v) is 9.01. The zero-order valence-corrected chi connectivity index (χ0v) is 16.8. The molecule has 0 saturated heterocycles. The largest absolute Gasteiger partial charge is 0.465 e. The summed E-state index contributed by atoms with van der Waals surface area (Å²) in [6.07, 6.45) is 1.43. The highest BCUT2D eigenvalue weighted by atomic mass is 19.1. The van der Waals surface area contributed by atoms with Crippen LogP contribution in [0.3, 0.4) is 0 Å². The van der Waals surface area contributed by atoms with Crippen molar-refractivity contribution in [2.75, 3.05) is 19.1 Å². The lowest BCUT2D eigenvalue weighted by Gasteiger charge is -2.21. The Labute approximate surface area is 168 Å². The Bertz CT molecular complexity index is 842. The van der Waals surface area contributed by atoms with Gasteiger partial charge in [0.05, 0.1) is 26.0 Å². The number of hydrogen-bond acceptors (Lipinski definition) is 5. The second kappa shape index (κ2) is 11.7. The lowest BCUT2D eigenvalue weighted by atomic mass is 10.00. The molecule has 0 bridgehead atoms. The number of benzene rings is 1. The number of nitrogens with two attached hydrogens (primary N) is 1. The molecule has 0 radical (unpaired) electrons. The Kier molecular flexibility index (Phi) is 9.64. The summed E-state index contributed by atoms with van der Waals surface area (Å²) < 4.78 is 41.9. The van der Waals surface area contributed by atoms with Gasteiger partial charge < -0.3 is 15.8 Å². The van der Waals surface area contributed by atoms with Gasteiger partial charge in [0, 0.05) is 17.7 Å². The molecule has 2 aromatic rings. The Morgan fingerprint density at radius 2 is 1.93 bits per heavy atom. The molecule has 0 spiro atoms. The second-order valence-electron chi connectivity index (χ2n) is 5.63. The van der Waals surface area contributed by atoms with E-state index in [1.54, 1.807) is 6.92 Å². The molecule has 158 valence electrons. The van der Waals surface area contributed by atoms with Crippen LogP contribution in [0.25, 0.3) is 0 Å². The van der Waals surface area contributed by atoms with Crippen LogP contribution in [0.4, 0.5) is 18.9 Å². The number of aromatic nitrogens is 1. The van der Waals surface area contributed by atoms with Gasteiger partial charge in [-0.1, -0.05) is 13.8 Å². The standard InChI is InChI=1S/C17H16F2N4O2.C2H6.CH3F/c1-9-6-11(22-16(24)14-3-2-10(18)8-21-14)7-12(15(9)19)13-4-5-25-17(20)23-13;2*1-2/h2-3,6-8,13H,4-5H2,1H3,(H2,20,23)(H,22,24);1-2H3;1H3. The second-order valence-corrected chi connectivity index (χ2v) is 5.63. The summed E-state index contributed by atoms with van der Waals surface area (Å²) in [4.78, 5) is 20.0. The lowest BCUT2D eigenvalue weighted by Crippen LogP contribution is -2.24. The number of amides is 1. The van der Waals surface area contributed by atoms with E-state index < -0.39 is 23.6 Å². The number of ether oxygens (including phenoxy) is 1. The summed E-state index contributed by atoms with van der Waals surface area (Å²) in [5.41, 5.74) is 6.69. The van der Waals surface area contributed by atoms with Crippen molar-refractivity contribution in [3.05, 3.63) is 58.9 Å². The minimum absolute atomic E-state index is 0.0123. The van der Waals surface area contributed by atoms with Crippen LogP contribution in [-0.2, 0) is 4.74 Å². The number of anilines is 1. The van der Waals surface area contributed by atoms with E-state index in [1.807, 2.05) is 13.8 Å². The van der Waals surface area contributed by atoms with Gasteiger partial charge >= 0.3 is 0 Å². The molecule has 1 aliphatic heterocycles. The number of nitrogens with zero attached hydrogens (tertiary/aromatic N) is 2. The normalized spacial score (nSPS) is 14.9. The average Bonchev–Trinajstić information content (AvgIpc) is 2.74. The third kappa shape index (κ3) is 6.48. The molecule has 3 rings (SSSR count). The first-order valence-electron chi connectivity index (χ1n) is 9.01. The number of carbonyl (C=O) groups excluding carboxylic acids is 1. The number of carbonyl (C=O) groups is 1. The summed E-state index contributed by atoms with van der Waals surface area (Å²) in [5, 5.41) is 2.63. The van der Waals surface area contributed by atoms with Crippen molar-refractivity contribution in [3.63, 3.8) is 0 Å². The number of aliphatic imine (C=N–C) groups is 1. The molecule has 1 aliphatic rings. The molecule has 6 nitrogen and oxygen atoms in total. The van der Waals surface area contributed by atoms with Crippen LogP contribution in [0.5, 0.6) is 0 Å². The van der Waals surface area contributed by atoms with Crippen molar-refractivity contribution in [1.82, 2.24) is 4.98 Å². The monoisotopic (exact) mass is 410 g/mol. The fraction of sp³-hybridized carbons (Fsp3) is 0.350. The molecule has 1 amide bonds. The van der Waals surface area contributed by atoms with Crippen molar-refractivity contribution in [3.8, 4) is 0 Å². The van der Waals surface area contributed by atoms with Gasteiger partial charge in [-0.05, 0) is 36.8 Å². The number of alkyl halides is 1. The van der Waals surface area contributed by atoms with E-state index in [0.29, 0.717) is 37.0 Å². The molecule has 0 aliphatic carbocycles. The van der Waals surface area contributed by atoms with Crippen molar-refractivity contribution >= 4 is 17.6 Å². The fourth-order valence-electron chi connectivity index (χ4n) is 2.57. The maximum absolute atomic E-state index is 14.5. The lowest BCUT2D eigenvalue weighted by molar-refractivity contribution is 0.102. The van der Waals surface area contributed by atoms with Gasteiger partial charge in [0.2, 0.25) is 0 Å². The third-order valence-corrected chi connectivity index (χ3v) is 3.78. The van der Waals surface area contributed by atoms with Gasteiger partial charge in [-0.3, -0.25) is 9.18 Å². The summed E-state index contributed by atoms with van der Waals surface area (Å²) in [6, 6.07) is 4.96. The molecule has 9 heteroatoms. The number of pyridine rings is 1. The van der Waals surface area contributed by atoms with Crippen LogP contribution in [-0.4, -0.2) is 30.7 Å². The van der Waals surface area contributed by atoms with Crippen LogP contribution in [0.1, 0.15) is 47.9 Å². The molecule has 1 atom stereocenters. The predicted molar refractivity (Wildman–Crippen MR) is 107 cm³/mol. The van der Waals surface area contributed by atoms with Crippen LogP contribution in [0.2, 0.25) is 0 Å². The SMILES string of the molecule is CC.CF.Cc1cc(NC(=O)c2ccc(F)cn2)cc(C2CCOC(N)=N2)c1F. The smallest absolute Gasteiger partial charge is 0.282 e. The molecule has 1 unspecified atom stereocenters. The quantitative estimate of drug-likeness (QED) is 0.789. The number of amidine groups is 1. The number of rotatable bonds is 3. The van der Waals surface area contributed by atoms with E-state index in [9.17, 15) is 18.0 Å². The maximum Gasteiger partial charge on any atom is 0.282 e. The molecule has 0 saturated carbocycles. The van der Waals surface area contributed by atoms with Gasteiger partial charge in [-0.15, -0.1) is 0 Å². The van der Waals surface area contributed by atoms with Gasteiger partial charge in [-0.2, -0.15) is 0 Å². The maximum atomic E-state index is 14.5. The molecule has 3 N–H and O–H groups in total. The summed E-state index contributed by atoms with van der Waals surface area (Å²) in [5.74, 6) is -1.46. The van der Waals surface area contributed by atoms with Gasteiger partial charge in [0.1, 0.15) is 17.3 Å². The predicted octanol–water partition coefficient (Wildman–Crippen LogP) is 4.31. The minimum atomic E-state index is -0.536. The van der Waals surface area contributed by atoms with Crippen LogP contribution in [0, 0.1) is 18.6 Å².